The Labute approximate surface area is 101 Å². The van der Waals surface area contributed by atoms with Crippen molar-refractivity contribution in [2.45, 2.75) is 12.5 Å². The molecule has 1 N–H and O–H groups in total. The van der Waals surface area contributed by atoms with Crippen LogP contribution in [0.5, 0.6) is 0 Å². The molecule has 1 saturated heterocycles. The standard InChI is InChI=1S/C14H17N3/c1-17-8-6-12(10-17)16-14-4-2-3-11-9-15-7-5-13(11)14/h2-5,7,9,12,16H,6,8,10H2,1H3. The van der Waals surface area contributed by atoms with Gasteiger partial charge in [0.15, 0.2) is 0 Å². The van der Waals surface area contributed by atoms with Crippen molar-refractivity contribution in [2.24, 2.45) is 0 Å². The molecular formula is C14H17N3. The number of nitrogens with zero attached hydrogens (tertiary/aromatic N) is 2. The molecule has 1 aromatic heterocycles. The second-order valence-electron chi connectivity index (χ2n) is 4.79. The summed E-state index contributed by atoms with van der Waals surface area (Å²) in [6, 6.07) is 9.00. The monoisotopic (exact) mass is 227 g/mol. The van der Waals surface area contributed by atoms with E-state index in [4.69, 9.17) is 0 Å². The molecule has 3 rings (SSSR count). The smallest absolute Gasteiger partial charge is 0.0423 e. The fraction of sp³-hybridized carbons (Fsp3) is 0.357. The third-order valence-electron chi connectivity index (χ3n) is 3.43. The zero-order valence-electron chi connectivity index (χ0n) is 10.1. The van der Waals surface area contributed by atoms with Crippen LogP contribution in [-0.4, -0.2) is 36.1 Å². The van der Waals surface area contributed by atoms with Crippen LogP contribution in [0.15, 0.2) is 36.7 Å². The molecule has 3 heteroatoms. The number of hydrogen-bond donors (Lipinski definition) is 1. The molecule has 1 aromatic carbocycles. The van der Waals surface area contributed by atoms with Gasteiger partial charge in [0.2, 0.25) is 0 Å². The number of rotatable bonds is 2. The molecule has 0 spiro atoms. The van der Waals surface area contributed by atoms with Gasteiger partial charge in [-0.15, -0.1) is 0 Å². The van der Waals surface area contributed by atoms with E-state index < -0.39 is 0 Å². The molecule has 0 aliphatic carbocycles. The van der Waals surface area contributed by atoms with Crippen molar-refractivity contribution < 1.29 is 0 Å². The van der Waals surface area contributed by atoms with E-state index in [0.717, 1.165) is 6.54 Å². The Bertz CT molecular complexity index is 518. The molecule has 1 aliphatic rings. The van der Waals surface area contributed by atoms with E-state index in [2.05, 4.69) is 46.5 Å². The van der Waals surface area contributed by atoms with Crippen LogP contribution in [0.3, 0.4) is 0 Å². The minimum atomic E-state index is 0.568. The first-order chi connectivity index (χ1) is 8.33. The maximum Gasteiger partial charge on any atom is 0.0423 e. The van der Waals surface area contributed by atoms with E-state index in [0.29, 0.717) is 6.04 Å². The van der Waals surface area contributed by atoms with Gasteiger partial charge in [-0.05, 0) is 32.1 Å². The fourth-order valence-corrected chi connectivity index (χ4v) is 2.52. The predicted molar refractivity (Wildman–Crippen MR) is 71.3 cm³/mol. The van der Waals surface area contributed by atoms with Crippen molar-refractivity contribution in [3.8, 4) is 0 Å². The lowest BCUT2D eigenvalue weighted by molar-refractivity contribution is 0.414. The first-order valence-electron chi connectivity index (χ1n) is 6.11. The van der Waals surface area contributed by atoms with Gasteiger partial charge in [-0.1, -0.05) is 12.1 Å². The average Bonchev–Trinajstić information content (AvgIpc) is 2.75. The zero-order chi connectivity index (χ0) is 11.7. The number of fused-ring (bicyclic) bond motifs is 1. The highest BCUT2D eigenvalue weighted by atomic mass is 15.2. The fourth-order valence-electron chi connectivity index (χ4n) is 2.52. The normalized spacial score (nSPS) is 20.9. The van der Waals surface area contributed by atoms with Crippen LogP contribution in [-0.2, 0) is 0 Å². The summed E-state index contributed by atoms with van der Waals surface area (Å²) in [5.74, 6) is 0. The lowest BCUT2D eigenvalue weighted by atomic mass is 10.1. The largest absolute Gasteiger partial charge is 0.380 e. The van der Waals surface area contributed by atoms with Crippen LogP contribution in [0.1, 0.15) is 6.42 Å². The molecule has 17 heavy (non-hydrogen) atoms. The SMILES string of the molecule is CN1CCC(Nc2cccc3cnccc23)C1. The summed E-state index contributed by atoms with van der Waals surface area (Å²) in [7, 11) is 2.18. The highest BCUT2D eigenvalue weighted by molar-refractivity contribution is 5.93. The summed E-state index contributed by atoms with van der Waals surface area (Å²) in [6.07, 6.45) is 4.99. The summed E-state index contributed by atoms with van der Waals surface area (Å²) in [4.78, 5) is 6.53. The van der Waals surface area contributed by atoms with Crippen molar-refractivity contribution in [1.29, 1.82) is 0 Å². The van der Waals surface area contributed by atoms with Crippen LogP contribution in [0.4, 0.5) is 5.69 Å². The van der Waals surface area contributed by atoms with Gasteiger partial charge in [-0.2, -0.15) is 0 Å². The van der Waals surface area contributed by atoms with Gasteiger partial charge in [-0.3, -0.25) is 4.98 Å². The summed E-state index contributed by atoms with van der Waals surface area (Å²) in [6.45, 7) is 2.31. The summed E-state index contributed by atoms with van der Waals surface area (Å²) >= 11 is 0. The van der Waals surface area contributed by atoms with Crippen LogP contribution < -0.4 is 5.32 Å². The van der Waals surface area contributed by atoms with Crippen LogP contribution in [0.2, 0.25) is 0 Å². The van der Waals surface area contributed by atoms with E-state index in [1.54, 1.807) is 0 Å². The Morgan fingerprint density at radius 3 is 3.12 bits per heavy atom. The van der Waals surface area contributed by atoms with Crippen molar-refractivity contribution in [1.82, 2.24) is 9.88 Å². The summed E-state index contributed by atoms with van der Waals surface area (Å²) in [5.41, 5.74) is 1.23. The maximum atomic E-state index is 4.16. The molecule has 2 aromatic rings. The number of benzene rings is 1. The van der Waals surface area contributed by atoms with Crippen molar-refractivity contribution in [3.05, 3.63) is 36.7 Å². The Balaban J connectivity index is 1.90. The number of nitrogens with one attached hydrogen (secondary N) is 1. The van der Waals surface area contributed by atoms with Crippen LogP contribution in [0, 0.1) is 0 Å². The molecule has 88 valence electrons. The number of likely N-dealkylation sites (N-methyl/N-ethyl adjacent to an activating group) is 1. The second kappa shape index (κ2) is 4.34. The van der Waals surface area contributed by atoms with Crippen molar-refractivity contribution in [3.63, 3.8) is 0 Å². The number of aromatic nitrogens is 1. The van der Waals surface area contributed by atoms with E-state index >= 15 is 0 Å². The highest BCUT2D eigenvalue weighted by Crippen LogP contribution is 2.24. The van der Waals surface area contributed by atoms with E-state index in [9.17, 15) is 0 Å². The molecule has 0 saturated carbocycles. The van der Waals surface area contributed by atoms with Gasteiger partial charge >= 0.3 is 0 Å². The first kappa shape index (κ1) is 10.5. The molecule has 0 amide bonds. The Morgan fingerprint density at radius 2 is 2.29 bits per heavy atom. The van der Waals surface area contributed by atoms with Gasteiger partial charge in [0, 0.05) is 41.4 Å². The second-order valence-corrected chi connectivity index (χ2v) is 4.79. The molecule has 0 radical (unpaired) electrons. The Hall–Kier alpha value is -1.61. The van der Waals surface area contributed by atoms with Gasteiger partial charge in [0.1, 0.15) is 0 Å². The highest BCUT2D eigenvalue weighted by Gasteiger charge is 2.19. The summed E-state index contributed by atoms with van der Waals surface area (Å²) in [5, 5.41) is 6.10. The molecule has 1 aliphatic heterocycles. The number of likely N-dealkylation sites (tertiary alicyclic amines) is 1. The molecule has 3 nitrogen and oxygen atoms in total. The van der Waals surface area contributed by atoms with Gasteiger partial charge in [0.25, 0.3) is 0 Å². The quantitative estimate of drug-likeness (QED) is 0.853. The van der Waals surface area contributed by atoms with Crippen molar-refractivity contribution in [2.75, 3.05) is 25.5 Å². The average molecular weight is 227 g/mol. The predicted octanol–water partition coefficient (Wildman–Crippen LogP) is 2.35. The molecule has 1 atom stereocenters. The van der Waals surface area contributed by atoms with E-state index in [-0.39, 0.29) is 0 Å². The molecule has 1 fully saturated rings. The van der Waals surface area contributed by atoms with Crippen LogP contribution >= 0.6 is 0 Å². The third kappa shape index (κ3) is 2.11. The van der Waals surface area contributed by atoms with Gasteiger partial charge in [0.05, 0.1) is 0 Å². The Kier molecular flexibility index (Phi) is 2.69. The first-order valence-corrected chi connectivity index (χ1v) is 6.11. The number of anilines is 1. The molecule has 0 bridgehead atoms. The minimum Gasteiger partial charge on any atom is -0.380 e. The molecular weight excluding hydrogens is 210 g/mol. The van der Waals surface area contributed by atoms with Gasteiger partial charge < -0.3 is 10.2 Å². The van der Waals surface area contributed by atoms with Gasteiger partial charge in [-0.25, -0.2) is 0 Å². The lowest BCUT2D eigenvalue weighted by Gasteiger charge is -2.16. The Morgan fingerprint density at radius 1 is 1.35 bits per heavy atom. The topological polar surface area (TPSA) is 28.2 Å². The van der Waals surface area contributed by atoms with Crippen molar-refractivity contribution >= 4 is 16.5 Å². The van der Waals surface area contributed by atoms with E-state index in [1.807, 2.05) is 12.4 Å². The number of hydrogen-bond acceptors (Lipinski definition) is 3. The maximum absolute atomic E-state index is 4.16. The summed E-state index contributed by atoms with van der Waals surface area (Å²) < 4.78 is 0. The van der Waals surface area contributed by atoms with E-state index in [1.165, 1.54) is 29.4 Å². The third-order valence-corrected chi connectivity index (χ3v) is 3.43. The lowest BCUT2D eigenvalue weighted by Crippen LogP contribution is -2.23. The minimum absolute atomic E-state index is 0.568. The zero-order valence-corrected chi connectivity index (χ0v) is 10.1. The van der Waals surface area contributed by atoms with Crippen LogP contribution in [0.25, 0.3) is 10.8 Å². The molecule has 2 heterocycles. The molecule has 1 unspecified atom stereocenters. The number of pyridine rings is 1.